The molecule has 124 valence electrons. The third-order valence-corrected chi connectivity index (χ3v) is 4.53. The second kappa shape index (κ2) is 6.68. The third-order valence-electron chi connectivity index (χ3n) is 4.53. The van der Waals surface area contributed by atoms with Gasteiger partial charge in [0.15, 0.2) is 5.82 Å². The largest absolute Gasteiger partial charge is 0.496 e. The van der Waals surface area contributed by atoms with Gasteiger partial charge in [0.2, 0.25) is 5.89 Å². The van der Waals surface area contributed by atoms with Gasteiger partial charge in [-0.25, -0.2) is 0 Å². The Bertz CT molecular complexity index is 670. The number of likely N-dealkylation sites (N-methyl/N-ethyl adjacent to an activating group) is 1. The topological polar surface area (TPSA) is 54.6 Å². The van der Waals surface area contributed by atoms with Gasteiger partial charge in [-0.15, -0.1) is 0 Å². The number of hydrogen-bond donors (Lipinski definition) is 0. The molecule has 1 aromatic heterocycles. The van der Waals surface area contributed by atoms with E-state index in [1.54, 1.807) is 7.11 Å². The van der Waals surface area contributed by atoms with Crippen molar-refractivity contribution in [2.75, 3.05) is 33.8 Å². The Balaban J connectivity index is 1.77. The molecule has 1 aliphatic rings. The molecule has 1 saturated heterocycles. The molecule has 0 N–H and O–H groups in total. The lowest BCUT2D eigenvalue weighted by atomic mass is 10.1. The number of benzene rings is 1. The number of ether oxygens (including phenoxy) is 1. The van der Waals surface area contributed by atoms with Crippen molar-refractivity contribution in [1.29, 1.82) is 0 Å². The quantitative estimate of drug-likeness (QED) is 0.862. The summed E-state index contributed by atoms with van der Waals surface area (Å²) in [7, 11) is 3.84. The highest BCUT2D eigenvalue weighted by Crippen LogP contribution is 2.27. The highest BCUT2D eigenvalue weighted by Gasteiger charge is 2.30. The molecule has 0 bridgehead atoms. The smallest absolute Gasteiger partial charge is 0.245 e. The number of aromatic nitrogens is 2. The monoisotopic (exact) mass is 316 g/mol. The van der Waals surface area contributed by atoms with E-state index in [1.165, 1.54) is 11.1 Å². The van der Waals surface area contributed by atoms with Crippen molar-refractivity contribution in [3.05, 3.63) is 41.0 Å². The van der Waals surface area contributed by atoms with Gasteiger partial charge < -0.3 is 9.26 Å². The van der Waals surface area contributed by atoms with Crippen LogP contribution in [0.2, 0.25) is 0 Å². The molecule has 0 unspecified atom stereocenters. The fraction of sp³-hybridized carbons (Fsp3) is 0.529. The zero-order valence-corrected chi connectivity index (χ0v) is 14.2. The number of aryl methyl sites for hydroxylation is 2. The Kier molecular flexibility index (Phi) is 4.63. The van der Waals surface area contributed by atoms with Gasteiger partial charge in [0.1, 0.15) is 11.8 Å². The Morgan fingerprint density at radius 1 is 1.30 bits per heavy atom. The number of piperazine rings is 1. The summed E-state index contributed by atoms with van der Waals surface area (Å²) in [5, 5.41) is 3.93. The van der Waals surface area contributed by atoms with Crippen LogP contribution in [0.5, 0.6) is 5.75 Å². The van der Waals surface area contributed by atoms with E-state index in [4.69, 9.17) is 9.26 Å². The van der Waals surface area contributed by atoms with E-state index in [0.29, 0.717) is 11.7 Å². The predicted molar refractivity (Wildman–Crippen MR) is 87.4 cm³/mol. The highest BCUT2D eigenvalue weighted by atomic mass is 16.5. The molecule has 23 heavy (non-hydrogen) atoms. The van der Waals surface area contributed by atoms with Gasteiger partial charge in [0.25, 0.3) is 0 Å². The SMILES string of the molecule is COc1cccc(C)c1CN1CCN(C)[C@@H](c2nc(C)no2)C1. The fourth-order valence-electron chi connectivity index (χ4n) is 3.08. The summed E-state index contributed by atoms with van der Waals surface area (Å²) in [5.41, 5.74) is 2.51. The van der Waals surface area contributed by atoms with E-state index >= 15 is 0 Å². The predicted octanol–water partition coefficient (Wildman–Crippen LogP) is 2.18. The average Bonchev–Trinajstić information content (AvgIpc) is 2.97. The molecule has 2 aromatic rings. The lowest BCUT2D eigenvalue weighted by Gasteiger charge is -2.37. The van der Waals surface area contributed by atoms with Gasteiger partial charge in [0, 0.05) is 31.7 Å². The first-order valence-electron chi connectivity index (χ1n) is 7.93. The first-order valence-corrected chi connectivity index (χ1v) is 7.93. The minimum Gasteiger partial charge on any atom is -0.496 e. The average molecular weight is 316 g/mol. The molecule has 0 saturated carbocycles. The van der Waals surface area contributed by atoms with Crippen LogP contribution < -0.4 is 4.74 Å². The highest BCUT2D eigenvalue weighted by molar-refractivity contribution is 5.39. The van der Waals surface area contributed by atoms with Crippen molar-refractivity contribution in [3.63, 3.8) is 0 Å². The summed E-state index contributed by atoms with van der Waals surface area (Å²) in [4.78, 5) is 9.11. The summed E-state index contributed by atoms with van der Waals surface area (Å²) < 4.78 is 10.9. The summed E-state index contributed by atoms with van der Waals surface area (Å²) in [6.07, 6.45) is 0. The van der Waals surface area contributed by atoms with E-state index in [-0.39, 0.29) is 6.04 Å². The maximum absolute atomic E-state index is 5.53. The second-order valence-corrected chi connectivity index (χ2v) is 6.17. The molecule has 6 nitrogen and oxygen atoms in total. The summed E-state index contributed by atoms with van der Waals surface area (Å²) in [6.45, 7) is 7.71. The molecule has 0 radical (unpaired) electrons. The van der Waals surface area contributed by atoms with Gasteiger partial charge >= 0.3 is 0 Å². The molecule has 0 spiro atoms. The molecule has 1 fully saturated rings. The van der Waals surface area contributed by atoms with Gasteiger partial charge in [-0.1, -0.05) is 17.3 Å². The van der Waals surface area contributed by atoms with Crippen LogP contribution in [0.25, 0.3) is 0 Å². The summed E-state index contributed by atoms with van der Waals surface area (Å²) in [6, 6.07) is 6.33. The maximum Gasteiger partial charge on any atom is 0.245 e. The van der Waals surface area contributed by atoms with Crippen molar-refractivity contribution in [3.8, 4) is 5.75 Å². The molecule has 0 amide bonds. The molecule has 2 heterocycles. The minimum atomic E-state index is 0.139. The van der Waals surface area contributed by atoms with Gasteiger partial charge in [0.05, 0.1) is 7.11 Å². The number of hydrogen-bond acceptors (Lipinski definition) is 6. The molecule has 0 aliphatic carbocycles. The lowest BCUT2D eigenvalue weighted by Crippen LogP contribution is -2.46. The van der Waals surface area contributed by atoms with Crippen molar-refractivity contribution < 1.29 is 9.26 Å². The van der Waals surface area contributed by atoms with Crippen molar-refractivity contribution >= 4 is 0 Å². The zero-order valence-electron chi connectivity index (χ0n) is 14.2. The van der Waals surface area contributed by atoms with Crippen LogP contribution in [-0.2, 0) is 6.54 Å². The van der Waals surface area contributed by atoms with E-state index < -0.39 is 0 Å². The number of nitrogens with zero attached hydrogens (tertiary/aromatic N) is 4. The third kappa shape index (κ3) is 3.38. The fourth-order valence-corrected chi connectivity index (χ4v) is 3.08. The molecule has 3 rings (SSSR count). The molecular weight excluding hydrogens is 292 g/mol. The second-order valence-electron chi connectivity index (χ2n) is 6.17. The number of methoxy groups -OCH3 is 1. The number of rotatable bonds is 4. The standard InChI is InChI=1S/C17H24N4O2/c1-12-6-5-7-16(22-4)14(12)10-21-9-8-20(3)15(11-21)17-18-13(2)19-23-17/h5-7,15H,8-11H2,1-4H3/t15-/m1/s1. The normalized spacial score (nSPS) is 19.9. The molecule has 1 atom stereocenters. The Hall–Kier alpha value is -1.92. The zero-order chi connectivity index (χ0) is 16.4. The van der Waals surface area contributed by atoms with Crippen molar-refractivity contribution in [2.45, 2.75) is 26.4 Å². The van der Waals surface area contributed by atoms with Crippen LogP contribution in [-0.4, -0.2) is 53.7 Å². The van der Waals surface area contributed by atoms with E-state index in [0.717, 1.165) is 31.9 Å². The first-order chi connectivity index (χ1) is 11.1. The Morgan fingerprint density at radius 3 is 2.83 bits per heavy atom. The van der Waals surface area contributed by atoms with Crippen LogP contribution in [0.15, 0.2) is 22.7 Å². The van der Waals surface area contributed by atoms with Crippen molar-refractivity contribution in [1.82, 2.24) is 19.9 Å². The van der Waals surface area contributed by atoms with Crippen LogP contribution in [0.3, 0.4) is 0 Å². The summed E-state index contributed by atoms with van der Waals surface area (Å²) >= 11 is 0. The van der Waals surface area contributed by atoms with Gasteiger partial charge in [-0.05, 0) is 32.5 Å². The molecule has 6 heteroatoms. The van der Waals surface area contributed by atoms with Gasteiger partial charge in [-0.3, -0.25) is 9.80 Å². The maximum atomic E-state index is 5.53. The van der Waals surface area contributed by atoms with E-state index in [1.807, 2.05) is 19.1 Å². The van der Waals surface area contributed by atoms with E-state index in [2.05, 4.69) is 40.0 Å². The van der Waals surface area contributed by atoms with E-state index in [9.17, 15) is 0 Å². The minimum absolute atomic E-state index is 0.139. The Morgan fingerprint density at radius 2 is 2.13 bits per heavy atom. The molecule has 1 aliphatic heterocycles. The van der Waals surface area contributed by atoms with Crippen LogP contribution in [0, 0.1) is 13.8 Å². The van der Waals surface area contributed by atoms with Crippen LogP contribution in [0.4, 0.5) is 0 Å². The van der Waals surface area contributed by atoms with Crippen LogP contribution in [0.1, 0.15) is 28.9 Å². The lowest BCUT2D eigenvalue weighted by molar-refractivity contribution is 0.0709. The molecule has 1 aromatic carbocycles. The van der Waals surface area contributed by atoms with Crippen LogP contribution >= 0.6 is 0 Å². The van der Waals surface area contributed by atoms with Crippen molar-refractivity contribution in [2.24, 2.45) is 0 Å². The Labute approximate surface area is 137 Å². The molecular formula is C17H24N4O2. The summed E-state index contributed by atoms with van der Waals surface area (Å²) in [5.74, 6) is 2.34. The van der Waals surface area contributed by atoms with Gasteiger partial charge in [-0.2, -0.15) is 4.98 Å². The first kappa shape index (κ1) is 16.0.